The SMILES string of the molecule is CCCCCC/C=C\C=C/CCCCCCCC(=O)OC[C@H](COP(=O)(O)OC[C@@H](O)COP(=O)(O)OC[C@@H](COC(=O)CCCCCCCCCCCCC)OC(=O)CCCCCCCCCCC(C)C)OC(=O)CCCCCCCCCCCCCCCCCCCCCCC. The normalized spacial score (nSPS) is 14.1. The monoisotopic (exact) mass is 1430 g/mol. The lowest BCUT2D eigenvalue weighted by Gasteiger charge is -2.21. The van der Waals surface area contributed by atoms with Gasteiger partial charge in [0.1, 0.15) is 19.3 Å². The van der Waals surface area contributed by atoms with Crippen molar-refractivity contribution in [2.45, 2.75) is 412 Å². The number of unbranched alkanes of at least 4 members (excludes halogenated alkanes) is 46. The van der Waals surface area contributed by atoms with Crippen molar-refractivity contribution in [3.05, 3.63) is 24.3 Å². The number of phosphoric ester groups is 2. The van der Waals surface area contributed by atoms with E-state index in [1.807, 2.05) is 0 Å². The standard InChI is InChI=1S/C79H150O17P2/c1-6-9-12-15-18-21-24-26-28-29-30-31-32-33-35-37-40-43-49-54-59-64-78(83)95-74(68-90-77(82)63-58-53-48-42-39-36-34-27-25-22-19-16-13-10-7-2)70-93-97(85,86)91-66-73(80)67-92-98(87,88)94-71-75(96-79(84)65-60-55-50-45-44-46-51-56-61-72(4)5)69-89-76(81)62-57-52-47-41-38-23-20-17-14-11-8-3/h22,25,27,34,72-75,80H,6-21,23-24,26,28-33,35-71H2,1-5H3,(H,85,86)(H,87,88)/b25-22-,34-27-/t73-,74-,75-/m1/s1. The third-order valence-corrected chi connectivity index (χ3v) is 19.8. The summed E-state index contributed by atoms with van der Waals surface area (Å²) in [5.74, 6) is -1.43. The number of hydrogen-bond acceptors (Lipinski definition) is 15. The minimum absolute atomic E-state index is 0.102. The van der Waals surface area contributed by atoms with Gasteiger partial charge >= 0.3 is 39.5 Å². The molecule has 0 aromatic heterocycles. The van der Waals surface area contributed by atoms with E-state index in [2.05, 4.69) is 58.9 Å². The zero-order chi connectivity index (χ0) is 71.9. The molecule has 0 amide bonds. The van der Waals surface area contributed by atoms with Gasteiger partial charge in [-0.2, -0.15) is 0 Å². The maximum absolute atomic E-state index is 13.1. The van der Waals surface area contributed by atoms with Crippen LogP contribution in [0.4, 0.5) is 0 Å². The average molecular weight is 1430 g/mol. The topological polar surface area (TPSA) is 237 Å². The Hall–Kier alpha value is -2.46. The molecule has 0 saturated carbocycles. The molecule has 98 heavy (non-hydrogen) atoms. The zero-order valence-corrected chi connectivity index (χ0v) is 65.2. The van der Waals surface area contributed by atoms with Gasteiger partial charge in [0.05, 0.1) is 26.4 Å². The van der Waals surface area contributed by atoms with E-state index in [0.717, 1.165) is 109 Å². The fraction of sp³-hybridized carbons (Fsp3) is 0.899. The predicted octanol–water partition coefficient (Wildman–Crippen LogP) is 23.2. The van der Waals surface area contributed by atoms with Crippen LogP contribution in [0.1, 0.15) is 394 Å². The van der Waals surface area contributed by atoms with E-state index in [4.69, 9.17) is 37.0 Å². The summed E-state index contributed by atoms with van der Waals surface area (Å²) in [5.41, 5.74) is 0. The Morgan fingerprint density at radius 3 is 0.837 bits per heavy atom. The highest BCUT2D eigenvalue weighted by molar-refractivity contribution is 7.47. The second kappa shape index (κ2) is 71.5. The first-order valence-electron chi connectivity index (χ1n) is 40.5. The Morgan fingerprint density at radius 2 is 0.551 bits per heavy atom. The highest BCUT2D eigenvalue weighted by Crippen LogP contribution is 2.45. The van der Waals surface area contributed by atoms with Crippen LogP contribution >= 0.6 is 15.6 Å². The molecule has 0 aliphatic heterocycles. The molecular weight excluding hydrogens is 1280 g/mol. The van der Waals surface area contributed by atoms with Crippen LogP contribution in [0, 0.1) is 5.92 Å². The third kappa shape index (κ3) is 71.9. The zero-order valence-electron chi connectivity index (χ0n) is 63.4. The first kappa shape index (κ1) is 95.5. The van der Waals surface area contributed by atoms with Gasteiger partial charge in [-0.15, -0.1) is 0 Å². The molecule has 19 heteroatoms. The predicted molar refractivity (Wildman–Crippen MR) is 400 cm³/mol. The maximum Gasteiger partial charge on any atom is 0.472 e. The van der Waals surface area contributed by atoms with Gasteiger partial charge in [-0.25, -0.2) is 9.13 Å². The average Bonchev–Trinajstić information content (AvgIpc) is 1.06. The quantitative estimate of drug-likeness (QED) is 0.0169. The van der Waals surface area contributed by atoms with Crippen LogP contribution < -0.4 is 0 Å². The van der Waals surface area contributed by atoms with E-state index in [-0.39, 0.29) is 25.7 Å². The van der Waals surface area contributed by atoms with Crippen LogP contribution in [0.25, 0.3) is 0 Å². The second-order valence-electron chi connectivity index (χ2n) is 28.2. The fourth-order valence-corrected chi connectivity index (χ4v) is 13.3. The van der Waals surface area contributed by atoms with E-state index in [1.165, 1.54) is 199 Å². The van der Waals surface area contributed by atoms with Crippen LogP contribution in [-0.4, -0.2) is 96.7 Å². The van der Waals surface area contributed by atoms with E-state index >= 15 is 0 Å². The molecule has 3 N–H and O–H groups in total. The molecule has 0 saturated heterocycles. The number of carbonyl (C=O) groups is 4. The molecule has 17 nitrogen and oxygen atoms in total. The number of rotatable bonds is 77. The number of aliphatic hydroxyl groups is 1. The van der Waals surface area contributed by atoms with Gasteiger partial charge in [0, 0.05) is 25.7 Å². The Bertz CT molecular complexity index is 1970. The highest BCUT2D eigenvalue weighted by Gasteiger charge is 2.30. The van der Waals surface area contributed by atoms with Crippen molar-refractivity contribution in [3.8, 4) is 0 Å². The van der Waals surface area contributed by atoms with Gasteiger partial charge in [0.15, 0.2) is 12.2 Å². The van der Waals surface area contributed by atoms with Gasteiger partial charge in [0.2, 0.25) is 0 Å². The van der Waals surface area contributed by atoms with Gasteiger partial charge in [-0.1, -0.05) is 341 Å². The number of esters is 4. The van der Waals surface area contributed by atoms with E-state index < -0.39 is 97.5 Å². The van der Waals surface area contributed by atoms with Gasteiger partial charge < -0.3 is 33.8 Å². The van der Waals surface area contributed by atoms with Crippen molar-refractivity contribution in [2.24, 2.45) is 5.92 Å². The summed E-state index contributed by atoms with van der Waals surface area (Å²) in [6.45, 7) is 7.19. The van der Waals surface area contributed by atoms with Crippen LogP contribution in [0.5, 0.6) is 0 Å². The number of carbonyl (C=O) groups excluding carboxylic acids is 4. The van der Waals surface area contributed by atoms with Gasteiger partial charge in [0.25, 0.3) is 0 Å². The largest absolute Gasteiger partial charge is 0.472 e. The summed E-state index contributed by atoms with van der Waals surface area (Å²) in [6, 6.07) is 0. The summed E-state index contributed by atoms with van der Waals surface area (Å²) in [4.78, 5) is 72.9. The molecule has 2 unspecified atom stereocenters. The lowest BCUT2D eigenvalue weighted by molar-refractivity contribution is -0.161. The van der Waals surface area contributed by atoms with Crippen molar-refractivity contribution in [3.63, 3.8) is 0 Å². The van der Waals surface area contributed by atoms with Crippen LogP contribution in [0.3, 0.4) is 0 Å². The number of allylic oxidation sites excluding steroid dienone is 4. The Morgan fingerprint density at radius 1 is 0.316 bits per heavy atom. The van der Waals surface area contributed by atoms with Crippen molar-refractivity contribution < 1.29 is 80.2 Å². The van der Waals surface area contributed by atoms with Gasteiger partial charge in [-0.05, 0) is 57.3 Å². The fourth-order valence-electron chi connectivity index (χ4n) is 11.7. The maximum atomic E-state index is 13.1. The Kier molecular flexibility index (Phi) is 69.7. The number of aliphatic hydroxyl groups excluding tert-OH is 1. The second-order valence-corrected chi connectivity index (χ2v) is 31.2. The smallest absolute Gasteiger partial charge is 0.462 e. The summed E-state index contributed by atoms with van der Waals surface area (Å²) < 4.78 is 68.5. The molecule has 0 bridgehead atoms. The molecule has 0 aromatic rings. The van der Waals surface area contributed by atoms with Crippen LogP contribution in [0.2, 0.25) is 0 Å². The summed E-state index contributed by atoms with van der Waals surface area (Å²) >= 11 is 0. The number of phosphoric acid groups is 2. The van der Waals surface area contributed by atoms with E-state index in [9.17, 15) is 43.2 Å². The first-order chi connectivity index (χ1) is 47.5. The van der Waals surface area contributed by atoms with E-state index in [1.54, 1.807) is 0 Å². The van der Waals surface area contributed by atoms with Crippen molar-refractivity contribution in [1.29, 1.82) is 0 Å². The molecule has 0 radical (unpaired) electrons. The molecule has 0 aliphatic carbocycles. The molecule has 0 heterocycles. The molecule has 0 fully saturated rings. The highest BCUT2D eigenvalue weighted by atomic mass is 31.2. The number of ether oxygens (including phenoxy) is 4. The van der Waals surface area contributed by atoms with E-state index in [0.29, 0.717) is 31.6 Å². The molecule has 0 rings (SSSR count). The van der Waals surface area contributed by atoms with Crippen molar-refractivity contribution in [1.82, 2.24) is 0 Å². The molecule has 0 aliphatic rings. The lowest BCUT2D eigenvalue weighted by atomic mass is 10.0. The summed E-state index contributed by atoms with van der Waals surface area (Å²) in [7, 11) is -9.92. The molecular formula is C79H150O17P2. The third-order valence-electron chi connectivity index (χ3n) is 17.9. The minimum atomic E-state index is -4.97. The lowest BCUT2D eigenvalue weighted by Crippen LogP contribution is -2.30. The summed E-state index contributed by atoms with van der Waals surface area (Å²) in [6.07, 6.45) is 64.8. The summed E-state index contributed by atoms with van der Waals surface area (Å²) in [5, 5.41) is 10.6. The molecule has 0 spiro atoms. The molecule has 5 atom stereocenters. The first-order valence-corrected chi connectivity index (χ1v) is 43.4. The minimum Gasteiger partial charge on any atom is -0.462 e. The Balaban J connectivity index is 5.24. The molecule has 0 aromatic carbocycles. The van der Waals surface area contributed by atoms with Crippen LogP contribution in [-0.2, 0) is 65.4 Å². The van der Waals surface area contributed by atoms with Gasteiger partial charge in [-0.3, -0.25) is 37.3 Å². The van der Waals surface area contributed by atoms with Crippen LogP contribution in [0.15, 0.2) is 24.3 Å². The van der Waals surface area contributed by atoms with Crippen molar-refractivity contribution >= 4 is 39.5 Å². The molecule has 578 valence electrons. The van der Waals surface area contributed by atoms with Crippen molar-refractivity contribution in [2.75, 3.05) is 39.6 Å². The number of hydrogen-bond donors (Lipinski definition) is 3. The Labute approximate surface area is 599 Å².